The van der Waals surface area contributed by atoms with Crippen LogP contribution in [0.5, 0.6) is 0 Å². The van der Waals surface area contributed by atoms with Crippen LogP contribution in [0.15, 0.2) is 17.8 Å². The second kappa shape index (κ2) is 6.03. The van der Waals surface area contributed by atoms with E-state index < -0.39 is 0 Å². The lowest BCUT2D eigenvalue weighted by atomic mass is 10.2. The molecule has 3 heterocycles. The summed E-state index contributed by atoms with van der Waals surface area (Å²) in [5, 5.41) is 10.4. The minimum Gasteiger partial charge on any atom is -0.368 e. The van der Waals surface area contributed by atoms with Crippen molar-refractivity contribution in [3.8, 4) is 0 Å². The first-order valence-corrected chi connectivity index (χ1v) is 7.90. The van der Waals surface area contributed by atoms with E-state index in [-0.39, 0.29) is 6.10 Å². The lowest BCUT2D eigenvalue weighted by Gasteiger charge is -2.32. The Morgan fingerprint density at radius 2 is 2.40 bits per heavy atom. The molecule has 0 radical (unpaired) electrons. The average Bonchev–Trinajstić information content (AvgIpc) is 3.09. The van der Waals surface area contributed by atoms with Gasteiger partial charge in [0.05, 0.1) is 6.61 Å². The van der Waals surface area contributed by atoms with Gasteiger partial charge in [-0.3, -0.25) is 4.90 Å². The van der Waals surface area contributed by atoms with E-state index in [9.17, 15) is 0 Å². The van der Waals surface area contributed by atoms with Crippen molar-refractivity contribution in [1.29, 1.82) is 0 Å². The third-order valence-electron chi connectivity index (χ3n) is 3.76. The molecule has 1 fully saturated rings. The SMILES string of the molecule is CCn1cnnc1C1CN(Cc2sccc2C)CCO1. The molecule has 1 saturated heterocycles. The van der Waals surface area contributed by atoms with Crippen LogP contribution in [0.1, 0.15) is 29.3 Å². The monoisotopic (exact) mass is 292 g/mol. The summed E-state index contributed by atoms with van der Waals surface area (Å²) in [5.74, 6) is 0.945. The number of ether oxygens (including phenoxy) is 1. The predicted molar refractivity (Wildman–Crippen MR) is 78.7 cm³/mol. The van der Waals surface area contributed by atoms with Crippen LogP contribution in [0.2, 0.25) is 0 Å². The first-order valence-electron chi connectivity index (χ1n) is 7.02. The van der Waals surface area contributed by atoms with Crippen LogP contribution in [-0.4, -0.2) is 39.4 Å². The fraction of sp³-hybridized carbons (Fsp3) is 0.571. The van der Waals surface area contributed by atoms with Crippen LogP contribution >= 0.6 is 11.3 Å². The fourth-order valence-electron chi connectivity index (χ4n) is 2.53. The maximum absolute atomic E-state index is 5.88. The zero-order valence-corrected chi connectivity index (χ0v) is 12.8. The van der Waals surface area contributed by atoms with E-state index in [1.54, 1.807) is 6.33 Å². The van der Waals surface area contributed by atoms with Gasteiger partial charge in [0.2, 0.25) is 0 Å². The second-order valence-corrected chi connectivity index (χ2v) is 6.10. The maximum atomic E-state index is 5.88. The lowest BCUT2D eigenvalue weighted by Crippen LogP contribution is -2.38. The van der Waals surface area contributed by atoms with Crippen molar-refractivity contribution < 1.29 is 4.74 Å². The van der Waals surface area contributed by atoms with Gasteiger partial charge in [-0.05, 0) is 30.9 Å². The minimum absolute atomic E-state index is 0.0338. The van der Waals surface area contributed by atoms with Gasteiger partial charge in [-0.25, -0.2) is 0 Å². The second-order valence-electron chi connectivity index (χ2n) is 5.10. The molecule has 1 aliphatic heterocycles. The molecule has 1 atom stereocenters. The molecule has 5 nitrogen and oxygen atoms in total. The first-order chi connectivity index (χ1) is 9.78. The van der Waals surface area contributed by atoms with E-state index in [2.05, 4.69) is 45.0 Å². The zero-order chi connectivity index (χ0) is 13.9. The standard InChI is InChI=1S/C14H20N4OS/c1-3-18-10-15-16-14(18)12-8-17(5-6-19-12)9-13-11(2)4-7-20-13/h4,7,10,12H,3,5-6,8-9H2,1-2H3. The van der Waals surface area contributed by atoms with Crippen molar-refractivity contribution in [3.63, 3.8) is 0 Å². The van der Waals surface area contributed by atoms with Crippen LogP contribution in [0, 0.1) is 6.92 Å². The summed E-state index contributed by atoms with van der Waals surface area (Å²) in [6.45, 7) is 8.78. The van der Waals surface area contributed by atoms with Gasteiger partial charge in [-0.2, -0.15) is 0 Å². The summed E-state index contributed by atoms with van der Waals surface area (Å²) in [6, 6.07) is 2.19. The molecule has 0 aromatic carbocycles. The highest BCUT2D eigenvalue weighted by Crippen LogP contribution is 2.24. The van der Waals surface area contributed by atoms with Crippen LogP contribution in [0.3, 0.4) is 0 Å². The third kappa shape index (κ3) is 2.77. The Morgan fingerprint density at radius 3 is 3.15 bits per heavy atom. The number of hydrogen-bond donors (Lipinski definition) is 0. The van der Waals surface area contributed by atoms with E-state index in [0.29, 0.717) is 0 Å². The van der Waals surface area contributed by atoms with Gasteiger partial charge in [-0.1, -0.05) is 0 Å². The van der Waals surface area contributed by atoms with Crippen molar-refractivity contribution in [2.24, 2.45) is 0 Å². The highest BCUT2D eigenvalue weighted by Gasteiger charge is 2.26. The molecule has 6 heteroatoms. The maximum Gasteiger partial charge on any atom is 0.163 e. The number of thiophene rings is 1. The summed E-state index contributed by atoms with van der Waals surface area (Å²) >= 11 is 1.83. The molecule has 2 aromatic heterocycles. The number of aromatic nitrogens is 3. The first kappa shape index (κ1) is 13.7. The summed E-state index contributed by atoms with van der Waals surface area (Å²) in [5.41, 5.74) is 1.38. The summed E-state index contributed by atoms with van der Waals surface area (Å²) in [7, 11) is 0. The molecule has 0 N–H and O–H groups in total. The molecule has 3 rings (SSSR count). The molecule has 0 amide bonds. The molecule has 2 aromatic rings. The Balaban J connectivity index is 1.69. The van der Waals surface area contributed by atoms with Crippen LogP contribution in [0.4, 0.5) is 0 Å². The molecule has 108 valence electrons. The molecule has 0 saturated carbocycles. The smallest absolute Gasteiger partial charge is 0.163 e. The Morgan fingerprint density at radius 1 is 1.50 bits per heavy atom. The van der Waals surface area contributed by atoms with Gasteiger partial charge >= 0.3 is 0 Å². The van der Waals surface area contributed by atoms with Gasteiger partial charge in [0.25, 0.3) is 0 Å². The van der Waals surface area contributed by atoms with Crippen molar-refractivity contribution in [2.75, 3.05) is 19.7 Å². The molecular weight excluding hydrogens is 272 g/mol. The Labute approximate surface area is 123 Å². The summed E-state index contributed by atoms with van der Waals surface area (Å²) < 4.78 is 7.94. The largest absolute Gasteiger partial charge is 0.368 e. The number of aryl methyl sites for hydroxylation is 2. The third-order valence-corrected chi connectivity index (χ3v) is 4.77. The lowest BCUT2D eigenvalue weighted by molar-refractivity contribution is -0.0386. The van der Waals surface area contributed by atoms with Gasteiger partial charge in [0.15, 0.2) is 5.82 Å². The van der Waals surface area contributed by atoms with Crippen molar-refractivity contribution in [1.82, 2.24) is 19.7 Å². The predicted octanol–water partition coefficient (Wildman–Crippen LogP) is 2.24. The van der Waals surface area contributed by atoms with Crippen LogP contribution in [0.25, 0.3) is 0 Å². The van der Waals surface area contributed by atoms with Crippen molar-refractivity contribution in [3.05, 3.63) is 34.0 Å². The Hall–Kier alpha value is -1.24. The molecule has 20 heavy (non-hydrogen) atoms. The molecular formula is C14H20N4OS. The van der Waals surface area contributed by atoms with Crippen molar-refractivity contribution in [2.45, 2.75) is 33.0 Å². The number of rotatable bonds is 4. The minimum atomic E-state index is 0.0338. The van der Waals surface area contributed by atoms with Crippen molar-refractivity contribution >= 4 is 11.3 Å². The number of morpholine rings is 1. The van der Waals surface area contributed by atoms with Gasteiger partial charge in [0.1, 0.15) is 12.4 Å². The van der Waals surface area contributed by atoms with E-state index in [4.69, 9.17) is 4.74 Å². The highest BCUT2D eigenvalue weighted by molar-refractivity contribution is 7.10. The van der Waals surface area contributed by atoms with Gasteiger partial charge in [0, 0.05) is 31.1 Å². The highest BCUT2D eigenvalue weighted by atomic mass is 32.1. The normalized spacial score (nSPS) is 20.4. The van der Waals surface area contributed by atoms with E-state index in [1.165, 1.54) is 10.4 Å². The van der Waals surface area contributed by atoms with Gasteiger partial charge < -0.3 is 9.30 Å². The van der Waals surface area contributed by atoms with E-state index in [0.717, 1.165) is 38.6 Å². The summed E-state index contributed by atoms with van der Waals surface area (Å²) in [4.78, 5) is 3.89. The van der Waals surface area contributed by atoms with E-state index >= 15 is 0 Å². The Bertz CT molecular complexity index is 565. The topological polar surface area (TPSA) is 43.2 Å². The average molecular weight is 292 g/mol. The van der Waals surface area contributed by atoms with E-state index in [1.807, 2.05) is 11.3 Å². The number of hydrogen-bond acceptors (Lipinski definition) is 5. The zero-order valence-electron chi connectivity index (χ0n) is 12.0. The summed E-state index contributed by atoms with van der Waals surface area (Å²) in [6.07, 6.45) is 1.81. The molecule has 1 unspecified atom stereocenters. The fourth-order valence-corrected chi connectivity index (χ4v) is 3.48. The molecule has 1 aliphatic rings. The van der Waals surface area contributed by atoms with Crippen LogP contribution in [-0.2, 0) is 17.8 Å². The molecule has 0 aliphatic carbocycles. The van der Waals surface area contributed by atoms with Crippen LogP contribution < -0.4 is 0 Å². The quantitative estimate of drug-likeness (QED) is 0.867. The van der Waals surface area contributed by atoms with Gasteiger partial charge in [-0.15, -0.1) is 21.5 Å². The molecule has 0 spiro atoms. The number of nitrogens with zero attached hydrogens (tertiary/aromatic N) is 4. The molecule has 0 bridgehead atoms. The Kier molecular flexibility index (Phi) is 4.14.